The van der Waals surface area contributed by atoms with Gasteiger partial charge in [0.1, 0.15) is 5.69 Å². The molecule has 0 saturated carbocycles. The Morgan fingerprint density at radius 2 is 1.88 bits per heavy atom. The van der Waals surface area contributed by atoms with Gasteiger partial charge in [-0.25, -0.2) is 4.79 Å². The lowest BCUT2D eigenvalue weighted by molar-refractivity contribution is -0.0953. The molecule has 0 bridgehead atoms. The Labute approximate surface area is 99.2 Å². The first-order chi connectivity index (χ1) is 7.16. The van der Waals surface area contributed by atoms with E-state index in [1.165, 1.54) is 22.9 Å². The standard InChI is InChI=1S/C6H3F3IN3O3/c1-2-3(14)12(4(15)6(7,8)9)5(16)13(10)11-2/h1H3. The van der Waals surface area contributed by atoms with Crippen molar-refractivity contribution < 1.29 is 18.0 Å². The molecule has 10 heteroatoms. The smallest absolute Gasteiger partial charge is 0.267 e. The molecule has 1 heterocycles. The van der Waals surface area contributed by atoms with E-state index in [0.717, 1.165) is 6.92 Å². The summed E-state index contributed by atoms with van der Waals surface area (Å²) in [5.74, 6) is -2.53. The highest BCUT2D eigenvalue weighted by Crippen LogP contribution is 2.15. The van der Waals surface area contributed by atoms with Crippen LogP contribution in [0.25, 0.3) is 0 Å². The van der Waals surface area contributed by atoms with Gasteiger partial charge < -0.3 is 0 Å². The van der Waals surface area contributed by atoms with Gasteiger partial charge in [-0.05, 0) is 6.92 Å². The molecule has 0 spiro atoms. The molecule has 0 aliphatic heterocycles. The van der Waals surface area contributed by atoms with Crippen molar-refractivity contribution in [1.82, 2.24) is 12.6 Å². The van der Waals surface area contributed by atoms with Crippen molar-refractivity contribution in [3.63, 3.8) is 0 Å². The van der Waals surface area contributed by atoms with Crippen molar-refractivity contribution >= 4 is 28.8 Å². The zero-order valence-electron chi connectivity index (χ0n) is 7.58. The van der Waals surface area contributed by atoms with Crippen molar-refractivity contribution in [3.05, 3.63) is 26.5 Å². The molecular weight excluding hydrogens is 346 g/mol. The summed E-state index contributed by atoms with van der Waals surface area (Å²) >= 11 is 1.27. The van der Waals surface area contributed by atoms with E-state index >= 15 is 0 Å². The van der Waals surface area contributed by atoms with Crippen molar-refractivity contribution in [2.45, 2.75) is 13.1 Å². The molecule has 88 valence electrons. The number of carbonyl (C=O) groups is 1. The minimum absolute atomic E-state index is 0.383. The van der Waals surface area contributed by atoms with Gasteiger partial charge in [0.15, 0.2) is 0 Å². The predicted octanol–water partition coefficient (Wildman–Crippen LogP) is 0.114. The highest BCUT2D eigenvalue weighted by atomic mass is 127. The van der Waals surface area contributed by atoms with Crippen molar-refractivity contribution in [2.75, 3.05) is 0 Å². The maximum atomic E-state index is 12.1. The lowest BCUT2D eigenvalue weighted by Gasteiger charge is -2.07. The van der Waals surface area contributed by atoms with Gasteiger partial charge in [0.05, 0.1) is 22.9 Å². The van der Waals surface area contributed by atoms with E-state index in [-0.39, 0.29) is 5.69 Å². The van der Waals surface area contributed by atoms with Crippen LogP contribution in [-0.2, 0) is 0 Å². The number of carbonyl (C=O) groups excluding carboxylic acids is 1. The second-order valence-electron chi connectivity index (χ2n) is 2.67. The minimum Gasteiger partial charge on any atom is -0.267 e. The van der Waals surface area contributed by atoms with Crippen molar-refractivity contribution in [2.24, 2.45) is 0 Å². The van der Waals surface area contributed by atoms with Gasteiger partial charge in [0, 0.05) is 0 Å². The number of hydrogen-bond acceptors (Lipinski definition) is 4. The SMILES string of the molecule is Cc1nn(I)c(=O)n(C(=O)C(F)(F)F)c1=O. The lowest BCUT2D eigenvalue weighted by atomic mass is 10.5. The number of aryl methyl sites for hydroxylation is 1. The van der Waals surface area contributed by atoms with Crippen LogP contribution in [0.5, 0.6) is 0 Å². The van der Waals surface area contributed by atoms with Gasteiger partial charge in [-0.1, -0.05) is 0 Å². The van der Waals surface area contributed by atoms with Crippen LogP contribution in [0.1, 0.15) is 10.5 Å². The summed E-state index contributed by atoms with van der Waals surface area (Å²) in [6.07, 6.45) is -5.29. The Morgan fingerprint density at radius 3 is 2.31 bits per heavy atom. The van der Waals surface area contributed by atoms with Gasteiger partial charge in [0.2, 0.25) is 0 Å². The zero-order chi connectivity index (χ0) is 12.7. The molecule has 0 saturated heterocycles. The molecule has 6 nitrogen and oxygen atoms in total. The van der Waals surface area contributed by atoms with E-state index in [4.69, 9.17) is 0 Å². The maximum Gasteiger partial charge on any atom is 0.472 e. The summed E-state index contributed by atoms with van der Waals surface area (Å²) in [6.45, 7) is 1.09. The van der Waals surface area contributed by atoms with Gasteiger partial charge in [-0.15, -0.1) is 0 Å². The van der Waals surface area contributed by atoms with E-state index in [1.807, 2.05) is 0 Å². The molecule has 16 heavy (non-hydrogen) atoms. The number of alkyl halides is 3. The first kappa shape index (κ1) is 12.9. The fourth-order valence-electron chi connectivity index (χ4n) is 0.854. The van der Waals surface area contributed by atoms with Crippen molar-refractivity contribution in [1.29, 1.82) is 0 Å². The highest BCUT2D eigenvalue weighted by Gasteiger charge is 2.42. The van der Waals surface area contributed by atoms with Crippen molar-refractivity contribution in [3.8, 4) is 0 Å². The van der Waals surface area contributed by atoms with Gasteiger partial charge in [-0.2, -0.15) is 25.7 Å². The summed E-state index contributed by atoms with van der Waals surface area (Å²) < 4.78 is 36.2. The summed E-state index contributed by atoms with van der Waals surface area (Å²) in [5.41, 5.74) is -3.20. The molecular formula is C6H3F3IN3O3. The molecule has 0 aromatic carbocycles. The van der Waals surface area contributed by atoms with Crippen LogP contribution in [0.3, 0.4) is 0 Å². The Kier molecular flexibility index (Phi) is 3.21. The Bertz CT molecular complexity index is 525. The largest absolute Gasteiger partial charge is 0.472 e. The number of rotatable bonds is 0. The molecule has 0 atom stereocenters. The normalized spacial score (nSPS) is 11.6. The summed E-state index contributed by atoms with van der Waals surface area (Å²) in [6, 6.07) is 0. The summed E-state index contributed by atoms with van der Waals surface area (Å²) in [4.78, 5) is 33.2. The van der Waals surface area contributed by atoms with Crippen LogP contribution in [0, 0.1) is 6.92 Å². The topological polar surface area (TPSA) is 74.0 Å². The molecule has 0 fully saturated rings. The maximum absolute atomic E-state index is 12.1. The van der Waals surface area contributed by atoms with Gasteiger partial charge >= 0.3 is 17.8 Å². The molecule has 0 unspecified atom stereocenters. The van der Waals surface area contributed by atoms with E-state index < -0.39 is 27.9 Å². The third kappa shape index (κ3) is 2.15. The quantitative estimate of drug-likeness (QED) is 0.624. The first-order valence-corrected chi connectivity index (χ1v) is 4.63. The molecule has 0 N–H and O–H groups in total. The summed E-state index contributed by atoms with van der Waals surface area (Å²) in [5, 5.41) is 3.34. The number of aromatic nitrogens is 3. The molecule has 0 aliphatic carbocycles. The molecule has 0 aliphatic rings. The second kappa shape index (κ2) is 3.99. The Hall–Kier alpha value is -1.20. The molecule has 1 aromatic heterocycles. The van der Waals surface area contributed by atoms with Crippen LogP contribution in [-0.4, -0.2) is 24.6 Å². The Morgan fingerprint density at radius 1 is 1.38 bits per heavy atom. The predicted molar refractivity (Wildman–Crippen MR) is 53.6 cm³/mol. The van der Waals surface area contributed by atoms with E-state index in [0.29, 0.717) is 2.90 Å². The lowest BCUT2D eigenvalue weighted by Crippen LogP contribution is -2.48. The van der Waals surface area contributed by atoms with Gasteiger partial charge in [0.25, 0.3) is 5.56 Å². The number of hydrogen-bond donors (Lipinski definition) is 0. The van der Waals surface area contributed by atoms with Crippen LogP contribution in [0.4, 0.5) is 13.2 Å². The average Bonchev–Trinajstić information content (AvgIpc) is 2.13. The first-order valence-electron chi connectivity index (χ1n) is 3.67. The molecule has 1 rings (SSSR count). The fraction of sp³-hybridized carbons (Fsp3) is 0.333. The minimum atomic E-state index is -5.29. The summed E-state index contributed by atoms with van der Waals surface area (Å²) in [7, 11) is 0. The number of halogens is 4. The van der Waals surface area contributed by atoms with Crippen LogP contribution in [0.15, 0.2) is 9.59 Å². The van der Waals surface area contributed by atoms with Gasteiger partial charge in [-0.3, -0.25) is 9.59 Å². The average molecular weight is 349 g/mol. The van der Waals surface area contributed by atoms with E-state index in [1.54, 1.807) is 0 Å². The fourth-order valence-corrected chi connectivity index (χ4v) is 1.39. The zero-order valence-corrected chi connectivity index (χ0v) is 9.74. The monoisotopic (exact) mass is 349 g/mol. The van der Waals surface area contributed by atoms with E-state index in [2.05, 4.69) is 5.10 Å². The number of nitrogens with zero attached hydrogens (tertiary/aromatic N) is 3. The molecule has 0 amide bonds. The highest BCUT2D eigenvalue weighted by molar-refractivity contribution is 14.1. The molecule has 1 aromatic rings. The molecule has 0 radical (unpaired) electrons. The van der Waals surface area contributed by atoms with Crippen LogP contribution in [0.2, 0.25) is 0 Å². The Balaban J connectivity index is 3.64. The third-order valence-corrected chi connectivity index (χ3v) is 2.17. The van der Waals surface area contributed by atoms with E-state index in [9.17, 15) is 27.6 Å². The third-order valence-electron chi connectivity index (χ3n) is 1.55. The van der Waals surface area contributed by atoms with Crippen LogP contribution < -0.4 is 11.2 Å². The van der Waals surface area contributed by atoms with Crippen LogP contribution >= 0.6 is 22.9 Å². The second-order valence-corrected chi connectivity index (χ2v) is 3.59.